The first-order valence-corrected chi connectivity index (χ1v) is 5.52. The summed E-state index contributed by atoms with van der Waals surface area (Å²) in [5.74, 6) is 0. The molecule has 0 aliphatic carbocycles. The molecule has 4 heteroatoms. The number of nitrogen functional groups attached to an aromatic ring is 1. The lowest BCUT2D eigenvalue weighted by molar-refractivity contribution is 0.668. The van der Waals surface area contributed by atoms with Gasteiger partial charge in [-0.1, -0.05) is 6.07 Å². The van der Waals surface area contributed by atoms with Crippen LogP contribution in [0.1, 0.15) is 11.1 Å². The van der Waals surface area contributed by atoms with Gasteiger partial charge >= 0.3 is 0 Å². The fourth-order valence-corrected chi connectivity index (χ4v) is 1.66. The standard InChI is InChI=1S/C13H15N3O/c1-10-7-13(17)16(9-12(10)14)6-4-11-3-2-5-15-8-11/h2-3,5,7-9H,4,6,14H2,1H3. The Morgan fingerprint density at radius 3 is 3.00 bits per heavy atom. The van der Waals surface area contributed by atoms with Crippen molar-refractivity contribution in [3.63, 3.8) is 0 Å². The molecule has 2 N–H and O–H groups in total. The third-order valence-electron chi connectivity index (χ3n) is 2.74. The van der Waals surface area contributed by atoms with E-state index < -0.39 is 0 Å². The smallest absolute Gasteiger partial charge is 0.250 e. The molecule has 17 heavy (non-hydrogen) atoms. The lowest BCUT2D eigenvalue weighted by Gasteiger charge is -2.08. The Bertz CT molecular complexity index is 561. The molecule has 0 aliphatic rings. The van der Waals surface area contributed by atoms with E-state index in [-0.39, 0.29) is 5.56 Å². The second-order valence-electron chi connectivity index (χ2n) is 4.05. The van der Waals surface area contributed by atoms with Gasteiger partial charge in [0.25, 0.3) is 5.56 Å². The van der Waals surface area contributed by atoms with Gasteiger partial charge in [0.1, 0.15) is 0 Å². The SMILES string of the molecule is Cc1cc(=O)n(CCc2cccnc2)cc1N. The minimum Gasteiger partial charge on any atom is -0.397 e. The van der Waals surface area contributed by atoms with Crippen LogP contribution in [-0.2, 0) is 13.0 Å². The number of hydrogen-bond donors (Lipinski definition) is 1. The maximum absolute atomic E-state index is 11.7. The molecule has 0 spiro atoms. The number of nitrogens with two attached hydrogens (primary N) is 1. The van der Waals surface area contributed by atoms with Gasteiger partial charge in [-0.25, -0.2) is 0 Å². The van der Waals surface area contributed by atoms with Gasteiger partial charge in [-0.3, -0.25) is 9.78 Å². The third kappa shape index (κ3) is 2.72. The highest BCUT2D eigenvalue weighted by Crippen LogP contribution is 2.06. The number of rotatable bonds is 3. The molecule has 2 aromatic rings. The molecule has 2 rings (SSSR count). The first kappa shape index (κ1) is 11.4. The fourth-order valence-electron chi connectivity index (χ4n) is 1.66. The minimum atomic E-state index is -0.0133. The molecule has 2 heterocycles. The first-order valence-electron chi connectivity index (χ1n) is 5.52. The van der Waals surface area contributed by atoms with Gasteiger partial charge in [0, 0.05) is 31.2 Å². The number of pyridine rings is 2. The average molecular weight is 229 g/mol. The summed E-state index contributed by atoms with van der Waals surface area (Å²) in [5.41, 5.74) is 8.36. The maximum Gasteiger partial charge on any atom is 0.250 e. The topological polar surface area (TPSA) is 60.9 Å². The summed E-state index contributed by atoms with van der Waals surface area (Å²) in [6.45, 7) is 2.46. The van der Waals surface area contributed by atoms with Crippen molar-refractivity contribution in [3.8, 4) is 0 Å². The van der Waals surface area contributed by atoms with E-state index in [1.807, 2.05) is 25.3 Å². The molecule has 0 aliphatic heterocycles. The van der Waals surface area contributed by atoms with Gasteiger partial charge in [0.15, 0.2) is 0 Å². The Morgan fingerprint density at radius 2 is 2.29 bits per heavy atom. The highest BCUT2D eigenvalue weighted by molar-refractivity contribution is 5.42. The lowest BCUT2D eigenvalue weighted by Crippen LogP contribution is -2.21. The number of aryl methyl sites for hydroxylation is 3. The molecule has 0 radical (unpaired) electrons. The molecule has 0 atom stereocenters. The van der Waals surface area contributed by atoms with Crippen LogP contribution in [-0.4, -0.2) is 9.55 Å². The van der Waals surface area contributed by atoms with E-state index in [2.05, 4.69) is 4.98 Å². The zero-order chi connectivity index (χ0) is 12.3. The number of aromatic nitrogens is 2. The summed E-state index contributed by atoms with van der Waals surface area (Å²) < 4.78 is 1.63. The van der Waals surface area contributed by atoms with Crippen molar-refractivity contribution in [2.75, 3.05) is 5.73 Å². The quantitative estimate of drug-likeness (QED) is 0.864. The molecule has 2 aromatic heterocycles. The Morgan fingerprint density at radius 1 is 1.47 bits per heavy atom. The molecule has 0 amide bonds. The average Bonchev–Trinajstić information content (AvgIpc) is 2.33. The van der Waals surface area contributed by atoms with E-state index in [1.54, 1.807) is 23.0 Å². The number of nitrogens with zero attached hydrogens (tertiary/aromatic N) is 2. The predicted molar refractivity (Wildman–Crippen MR) is 67.8 cm³/mol. The first-order chi connectivity index (χ1) is 8.16. The molecule has 4 nitrogen and oxygen atoms in total. The zero-order valence-electron chi connectivity index (χ0n) is 9.76. The second kappa shape index (κ2) is 4.82. The van der Waals surface area contributed by atoms with Gasteiger partial charge in [-0.2, -0.15) is 0 Å². The fraction of sp³-hybridized carbons (Fsp3) is 0.231. The maximum atomic E-state index is 11.7. The van der Waals surface area contributed by atoms with Crippen LogP contribution in [0.5, 0.6) is 0 Å². The molecular weight excluding hydrogens is 214 g/mol. The van der Waals surface area contributed by atoms with Gasteiger partial charge < -0.3 is 10.3 Å². The van der Waals surface area contributed by atoms with Gasteiger partial charge in [-0.05, 0) is 30.5 Å². The van der Waals surface area contributed by atoms with Crippen LogP contribution in [0.2, 0.25) is 0 Å². The van der Waals surface area contributed by atoms with Crippen molar-refractivity contribution < 1.29 is 0 Å². The van der Waals surface area contributed by atoms with E-state index in [0.29, 0.717) is 12.2 Å². The Kier molecular flexibility index (Phi) is 3.23. The van der Waals surface area contributed by atoms with Crippen molar-refractivity contribution in [1.82, 2.24) is 9.55 Å². The van der Waals surface area contributed by atoms with Crippen LogP contribution in [0.15, 0.2) is 41.6 Å². The molecule has 0 saturated heterocycles. The van der Waals surface area contributed by atoms with Crippen molar-refractivity contribution in [2.24, 2.45) is 0 Å². The van der Waals surface area contributed by atoms with Crippen LogP contribution in [0.25, 0.3) is 0 Å². The van der Waals surface area contributed by atoms with E-state index in [4.69, 9.17) is 5.73 Å². The minimum absolute atomic E-state index is 0.0133. The summed E-state index contributed by atoms with van der Waals surface area (Å²) in [4.78, 5) is 15.7. The van der Waals surface area contributed by atoms with Crippen LogP contribution in [0.3, 0.4) is 0 Å². The Labute approximate surface area is 99.7 Å². The summed E-state index contributed by atoms with van der Waals surface area (Å²) in [5, 5.41) is 0. The summed E-state index contributed by atoms with van der Waals surface area (Å²) >= 11 is 0. The Balaban J connectivity index is 2.15. The van der Waals surface area contributed by atoms with E-state index >= 15 is 0 Å². The van der Waals surface area contributed by atoms with E-state index in [0.717, 1.165) is 17.5 Å². The Hall–Kier alpha value is -2.10. The highest BCUT2D eigenvalue weighted by atomic mass is 16.1. The summed E-state index contributed by atoms with van der Waals surface area (Å²) in [6.07, 6.45) is 6.02. The van der Waals surface area contributed by atoms with Gasteiger partial charge in [0.05, 0.1) is 5.69 Å². The van der Waals surface area contributed by atoms with E-state index in [1.165, 1.54) is 0 Å². The highest BCUT2D eigenvalue weighted by Gasteiger charge is 2.01. The molecule has 0 unspecified atom stereocenters. The van der Waals surface area contributed by atoms with Crippen LogP contribution < -0.4 is 11.3 Å². The number of anilines is 1. The van der Waals surface area contributed by atoms with Gasteiger partial charge in [0.2, 0.25) is 0 Å². The lowest BCUT2D eigenvalue weighted by atomic mass is 10.2. The monoisotopic (exact) mass is 229 g/mol. The van der Waals surface area contributed by atoms with Crippen molar-refractivity contribution in [3.05, 3.63) is 58.3 Å². The van der Waals surface area contributed by atoms with Gasteiger partial charge in [-0.15, -0.1) is 0 Å². The summed E-state index contributed by atoms with van der Waals surface area (Å²) in [6, 6.07) is 5.45. The van der Waals surface area contributed by atoms with Crippen molar-refractivity contribution in [1.29, 1.82) is 0 Å². The molecule has 0 fully saturated rings. The summed E-state index contributed by atoms with van der Waals surface area (Å²) in [7, 11) is 0. The van der Waals surface area contributed by atoms with E-state index in [9.17, 15) is 4.79 Å². The van der Waals surface area contributed by atoms with Crippen molar-refractivity contribution >= 4 is 5.69 Å². The molecule has 0 saturated carbocycles. The van der Waals surface area contributed by atoms with Crippen molar-refractivity contribution in [2.45, 2.75) is 19.9 Å². The number of hydrogen-bond acceptors (Lipinski definition) is 3. The predicted octanol–water partition coefficient (Wildman–Crippen LogP) is 1.38. The molecule has 88 valence electrons. The third-order valence-corrected chi connectivity index (χ3v) is 2.74. The second-order valence-corrected chi connectivity index (χ2v) is 4.05. The molecular formula is C13H15N3O. The molecule has 0 bridgehead atoms. The molecule has 0 aromatic carbocycles. The zero-order valence-corrected chi connectivity index (χ0v) is 9.76. The normalized spacial score (nSPS) is 10.4. The van der Waals surface area contributed by atoms with Crippen LogP contribution in [0, 0.1) is 6.92 Å². The van der Waals surface area contributed by atoms with Crippen LogP contribution >= 0.6 is 0 Å². The van der Waals surface area contributed by atoms with Crippen LogP contribution in [0.4, 0.5) is 5.69 Å². The largest absolute Gasteiger partial charge is 0.397 e.